The number of nitrogens with zero attached hydrogens (tertiary/aromatic N) is 10. The fourth-order valence-electron chi connectivity index (χ4n) is 9.19. The van der Waals surface area contributed by atoms with E-state index in [9.17, 15) is 92.0 Å². The number of imidazole rings is 2. The number of carbonyl (C=O) groups excluding carboxylic acids is 6. The van der Waals surface area contributed by atoms with Gasteiger partial charge < -0.3 is 30.6 Å². The van der Waals surface area contributed by atoms with Crippen LogP contribution in [-0.2, 0) is 20.3 Å². The Balaban J connectivity index is 0.000000197. The topological polar surface area (TPSA) is 312 Å². The second-order valence-electron chi connectivity index (χ2n) is 16.9. The number of esters is 4. The summed E-state index contributed by atoms with van der Waals surface area (Å²) in [6, 6.07) is 12.3. The lowest BCUT2D eigenvalue weighted by Crippen LogP contribution is -2.55. The van der Waals surface area contributed by atoms with Crippen molar-refractivity contribution in [3.05, 3.63) is 174 Å². The highest BCUT2D eigenvalue weighted by Crippen LogP contribution is 2.59. The van der Waals surface area contributed by atoms with Crippen molar-refractivity contribution < 1.29 is 90.9 Å². The number of aromatic nitrogens is 4. The highest BCUT2D eigenvalue weighted by molar-refractivity contribution is 6.16. The summed E-state index contributed by atoms with van der Waals surface area (Å²) in [5, 5.41) is 34.5. The Hall–Kier alpha value is -11.6. The molecule has 82 heavy (non-hydrogen) atoms. The zero-order valence-electron chi connectivity index (χ0n) is 39.4. The third-order valence-corrected chi connectivity index (χ3v) is 12.8. The molecule has 4 aromatic carbocycles. The summed E-state index contributed by atoms with van der Waals surface area (Å²) in [5.74, 6) is -9.21. The first-order valence-electron chi connectivity index (χ1n) is 21.6. The van der Waals surface area contributed by atoms with Crippen molar-refractivity contribution in [2.45, 2.75) is 35.5 Å². The summed E-state index contributed by atoms with van der Waals surface area (Å²) in [5.41, 5.74) is -10.9. The Morgan fingerprint density at radius 1 is 0.476 bits per heavy atom. The van der Waals surface area contributed by atoms with Gasteiger partial charge in [0.2, 0.25) is 10.8 Å². The molecular formula is C50H16F12N12O8. The van der Waals surface area contributed by atoms with E-state index in [1.54, 1.807) is 12.1 Å². The van der Waals surface area contributed by atoms with E-state index in [-0.39, 0.29) is 40.5 Å². The van der Waals surface area contributed by atoms with Crippen molar-refractivity contribution in [2.75, 3.05) is 0 Å². The molecule has 0 spiro atoms. The van der Waals surface area contributed by atoms with Crippen LogP contribution in [0.2, 0.25) is 0 Å². The molecule has 6 heterocycles. The predicted octanol–water partition coefficient (Wildman–Crippen LogP) is 8.55. The van der Waals surface area contributed by atoms with Crippen LogP contribution in [0.3, 0.4) is 0 Å². The van der Waals surface area contributed by atoms with Crippen molar-refractivity contribution in [3.8, 4) is 47.1 Å². The van der Waals surface area contributed by atoms with Crippen LogP contribution in [0.4, 0.5) is 64.3 Å². The first-order valence-corrected chi connectivity index (χ1v) is 21.6. The van der Waals surface area contributed by atoms with E-state index in [1.807, 2.05) is 0 Å². The zero-order valence-corrected chi connectivity index (χ0v) is 39.4. The number of halogens is 12. The largest absolute Gasteiger partial charge is 0.411 e. The summed E-state index contributed by atoms with van der Waals surface area (Å²) in [4.78, 5) is 86.2. The van der Waals surface area contributed by atoms with Gasteiger partial charge in [-0.15, -0.1) is 0 Å². The Morgan fingerprint density at radius 2 is 0.841 bits per heavy atom. The number of carbonyl (C=O) groups is 6. The number of benzene rings is 4. The summed E-state index contributed by atoms with van der Waals surface area (Å²) < 4.78 is 185. The van der Waals surface area contributed by atoms with Crippen molar-refractivity contribution in [2.24, 2.45) is 11.5 Å². The van der Waals surface area contributed by atoms with Crippen LogP contribution in [0.25, 0.3) is 32.5 Å². The molecule has 6 aromatic rings. The lowest BCUT2D eigenvalue weighted by molar-refractivity contribution is -0.290. The molecule has 0 unspecified atom stereocenters. The summed E-state index contributed by atoms with van der Waals surface area (Å²) in [7, 11) is 0. The van der Waals surface area contributed by atoms with Crippen LogP contribution in [0.1, 0.15) is 95.8 Å². The molecule has 0 saturated carbocycles. The third kappa shape index (κ3) is 8.04. The van der Waals surface area contributed by atoms with Crippen LogP contribution in [0.15, 0.2) is 84.2 Å². The van der Waals surface area contributed by atoms with Gasteiger partial charge in [0.05, 0.1) is 38.9 Å². The van der Waals surface area contributed by atoms with E-state index in [1.165, 1.54) is 12.1 Å². The summed E-state index contributed by atoms with van der Waals surface area (Å²) in [6.07, 6.45) is -24.2. The molecule has 0 atom stereocenters. The number of nitriles is 4. The average Bonchev–Trinajstić information content (AvgIpc) is 1.20. The number of cyclic esters (lactones) is 4. The Morgan fingerprint density at radius 3 is 1.22 bits per heavy atom. The molecule has 10 rings (SSSR count). The van der Waals surface area contributed by atoms with E-state index in [0.717, 1.165) is 12.1 Å². The van der Waals surface area contributed by atoms with E-state index >= 15 is 0 Å². The maximum Gasteiger partial charge on any atom is 0.411 e. The van der Waals surface area contributed by atoms with Crippen LogP contribution in [-0.4, -0.2) is 79.5 Å². The van der Waals surface area contributed by atoms with Crippen molar-refractivity contribution >= 4 is 47.3 Å². The molecule has 4 aliphatic rings. The third-order valence-electron chi connectivity index (χ3n) is 12.8. The van der Waals surface area contributed by atoms with Crippen LogP contribution < -0.4 is 11.5 Å². The maximum atomic E-state index is 14.9. The number of alkyl halides is 12. The lowest BCUT2D eigenvalue weighted by Gasteiger charge is -2.38. The molecule has 0 aliphatic carbocycles. The van der Waals surface area contributed by atoms with Gasteiger partial charge in [-0.1, -0.05) is 48.5 Å². The van der Waals surface area contributed by atoms with Crippen LogP contribution in [0, 0.1) is 58.5 Å². The normalized spacial score (nSPS) is 14.2. The number of nitrogens with two attached hydrogens (primary N) is 2. The fraction of sp³-hybridized carbons (Fsp3) is 0.120. The van der Waals surface area contributed by atoms with Gasteiger partial charge >= 0.3 is 60.3 Å². The fourth-order valence-corrected chi connectivity index (χ4v) is 9.19. The molecule has 20 nitrogen and oxygen atoms in total. The number of allylic oxidation sites excluding steroid dienone is 2. The molecule has 0 fully saturated rings. The Bertz CT molecular complexity index is 4130. The van der Waals surface area contributed by atoms with Gasteiger partial charge in [0.15, 0.2) is 17.2 Å². The molecule has 4 N–H and O–H groups in total. The van der Waals surface area contributed by atoms with Crippen LogP contribution >= 0.6 is 0 Å². The van der Waals surface area contributed by atoms with E-state index in [4.69, 9.17) is 35.1 Å². The quantitative estimate of drug-likeness (QED) is 0.0548. The Labute approximate surface area is 445 Å². The first-order chi connectivity index (χ1) is 38.3. The molecule has 0 radical (unpaired) electrons. The van der Waals surface area contributed by atoms with Gasteiger partial charge in [-0.05, 0) is 64.7 Å². The SMILES string of the molecule is N#C/C(N)=C(/N)C#N.O=C1OC(=O)c2cc(C(c3ccc4c(c3)C(=O)OC4=O)(C(F)(F)F)C(F)(F)F)ccc21.[C-]#[N+]c1nc2n(c1[N+]#[C-])C(=O)c1ccc(C(c3ccc4c(c3)C(=O)n3c-4nc(C#N)c3C#N)(C(F)(F)F)C(F)(F)F)cc1-2. The minimum atomic E-state index is -6.07. The molecule has 2 aromatic heterocycles. The zero-order chi connectivity index (χ0) is 60.7. The number of hydrogen-bond acceptors (Lipinski definition) is 16. The molecule has 4 aliphatic heterocycles. The van der Waals surface area contributed by atoms with E-state index in [0.29, 0.717) is 57.7 Å². The monoisotopic (exact) mass is 1140 g/mol. The lowest BCUT2D eigenvalue weighted by atomic mass is 9.71. The van der Waals surface area contributed by atoms with E-state index in [2.05, 4.69) is 29.1 Å². The number of fused-ring (bicyclic) bond motifs is 8. The van der Waals surface area contributed by atoms with Crippen molar-refractivity contribution in [1.82, 2.24) is 19.1 Å². The van der Waals surface area contributed by atoms with Gasteiger partial charge in [-0.25, -0.2) is 33.5 Å². The van der Waals surface area contributed by atoms with Gasteiger partial charge in [0, 0.05) is 5.56 Å². The van der Waals surface area contributed by atoms with E-state index < -0.39 is 156 Å². The van der Waals surface area contributed by atoms with Gasteiger partial charge in [-0.2, -0.15) is 78.3 Å². The van der Waals surface area contributed by atoms with Crippen molar-refractivity contribution in [3.63, 3.8) is 0 Å². The maximum absolute atomic E-state index is 14.9. The first kappa shape index (κ1) is 56.6. The summed E-state index contributed by atoms with van der Waals surface area (Å²) in [6.45, 7) is 14.4. The number of ether oxygens (including phenoxy) is 2. The molecular weight excluding hydrogens is 1120 g/mol. The molecule has 408 valence electrons. The number of hydrogen-bond donors (Lipinski definition) is 2. The highest BCUT2D eigenvalue weighted by atomic mass is 19.4. The van der Waals surface area contributed by atoms with Gasteiger partial charge in [0.25, 0.3) is 17.5 Å². The standard InChI is InChI=1S/C27H6F6N8O2.C19H6F6O6.C4H4N4/c1-36-19-22(37-2)41-21(39-19)15-7-11(4-6-14(15)23(41)42)25(26(28,29)30,27(31,32)33)12-3-5-13-16(8-12)24(43)40-18(10-35)17(9-34)38-20(13)40;20-18(21,22)17(19(23,24)25,7-1-3-9-11(5-7)15(28)30-13(9)26)8-2-4-10-12(6-8)16(29)31-14(10)27;5-1-3(7)4(8)2-6/h3-8H;1-6H;7-8H2/b;;4-3-. The second kappa shape index (κ2) is 19.1. The van der Waals surface area contributed by atoms with Crippen molar-refractivity contribution in [1.29, 1.82) is 21.0 Å². The smallest absolute Gasteiger partial charge is 0.388 e. The summed E-state index contributed by atoms with van der Waals surface area (Å²) >= 11 is 0. The Kier molecular flexibility index (Phi) is 13.2. The molecule has 0 bridgehead atoms. The molecule has 0 amide bonds. The average molecular weight is 1140 g/mol. The van der Waals surface area contributed by atoms with Crippen LogP contribution in [0.5, 0.6) is 0 Å². The minimum absolute atomic E-state index is 0.190. The minimum Gasteiger partial charge on any atom is -0.388 e. The second-order valence-corrected chi connectivity index (χ2v) is 16.9. The van der Waals surface area contributed by atoms with Gasteiger partial charge in [-0.3, -0.25) is 4.79 Å². The predicted molar refractivity (Wildman–Crippen MR) is 242 cm³/mol. The molecule has 0 saturated heterocycles. The van der Waals surface area contributed by atoms with Gasteiger partial charge in [0.1, 0.15) is 35.7 Å². The molecule has 32 heteroatoms. The number of rotatable bonds is 4. The highest BCUT2D eigenvalue weighted by Gasteiger charge is 2.74.